The Labute approximate surface area is 104 Å². The third kappa shape index (κ3) is 1.67. The number of imidazole rings is 1. The Balaban J connectivity index is 2.23. The van der Waals surface area contributed by atoms with Gasteiger partial charge < -0.3 is 10.1 Å². The molecule has 0 aliphatic heterocycles. The van der Waals surface area contributed by atoms with Crippen LogP contribution >= 0.6 is 0 Å². The summed E-state index contributed by atoms with van der Waals surface area (Å²) in [5.74, 6) is -0.268. The minimum Gasteiger partial charge on any atom is -0.325 e. The van der Waals surface area contributed by atoms with Gasteiger partial charge in [-0.05, 0) is 24.3 Å². The highest BCUT2D eigenvalue weighted by atomic mass is 19.1. The molecule has 1 aromatic carbocycles. The molecule has 0 amide bonds. The molecule has 0 unspecified atom stereocenters. The van der Waals surface area contributed by atoms with Crippen molar-refractivity contribution < 1.29 is 4.39 Å². The zero-order chi connectivity index (χ0) is 12.5. The number of nitrogens with two attached hydrogens (primary N) is 1. The molecule has 18 heavy (non-hydrogen) atoms. The van der Waals surface area contributed by atoms with Gasteiger partial charge in [0.2, 0.25) is 0 Å². The summed E-state index contributed by atoms with van der Waals surface area (Å²) >= 11 is 0. The highest BCUT2D eigenvalue weighted by Gasteiger charge is 2.09. The third-order valence-corrected chi connectivity index (χ3v) is 2.94. The van der Waals surface area contributed by atoms with Crippen LogP contribution in [0.5, 0.6) is 0 Å². The van der Waals surface area contributed by atoms with Gasteiger partial charge >= 0.3 is 0 Å². The van der Waals surface area contributed by atoms with E-state index in [2.05, 4.69) is 4.98 Å². The van der Waals surface area contributed by atoms with Crippen LogP contribution in [0.25, 0.3) is 16.9 Å². The lowest BCUT2D eigenvalue weighted by atomic mass is 10.1. The molecule has 0 aliphatic rings. The van der Waals surface area contributed by atoms with E-state index in [0.717, 1.165) is 11.3 Å². The number of pyridine rings is 1. The van der Waals surface area contributed by atoms with Crippen LogP contribution in [-0.4, -0.2) is 9.38 Å². The van der Waals surface area contributed by atoms with Gasteiger partial charge in [-0.15, -0.1) is 0 Å². The minimum absolute atomic E-state index is 0.268. The van der Waals surface area contributed by atoms with E-state index < -0.39 is 0 Å². The topological polar surface area (TPSA) is 43.3 Å². The summed E-state index contributed by atoms with van der Waals surface area (Å²) in [5.41, 5.74) is 8.52. The van der Waals surface area contributed by atoms with Crippen LogP contribution in [-0.2, 0) is 6.54 Å². The monoisotopic (exact) mass is 241 g/mol. The Morgan fingerprint density at radius 3 is 2.72 bits per heavy atom. The van der Waals surface area contributed by atoms with Gasteiger partial charge in [0.25, 0.3) is 0 Å². The van der Waals surface area contributed by atoms with Crippen LogP contribution in [0.4, 0.5) is 4.39 Å². The fourth-order valence-electron chi connectivity index (χ4n) is 2.03. The second kappa shape index (κ2) is 4.23. The molecular formula is C14H12FN3. The summed E-state index contributed by atoms with van der Waals surface area (Å²) in [4.78, 5) is 4.42. The molecule has 0 saturated carbocycles. The van der Waals surface area contributed by atoms with Gasteiger partial charge in [0, 0.05) is 24.0 Å². The van der Waals surface area contributed by atoms with Crippen molar-refractivity contribution in [1.82, 2.24) is 9.38 Å². The molecule has 3 nitrogen and oxygen atoms in total. The van der Waals surface area contributed by atoms with E-state index in [-0.39, 0.29) is 5.82 Å². The van der Waals surface area contributed by atoms with Crippen molar-refractivity contribution in [2.75, 3.05) is 0 Å². The van der Waals surface area contributed by atoms with E-state index in [1.54, 1.807) is 18.2 Å². The van der Waals surface area contributed by atoms with Crippen LogP contribution in [0.2, 0.25) is 0 Å². The average Bonchev–Trinajstić information content (AvgIpc) is 2.82. The lowest BCUT2D eigenvalue weighted by molar-refractivity contribution is 0.631. The zero-order valence-electron chi connectivity index (χ0n) is 9.68. The van der Waals surface area contributed by atoms with E-state index in [4.69, 9.17) is 5.73 Å². The zero-order valence-corrected chi connectivity index (χ0v) is 9.68. The van der Waals surface area contributed by atoms with Crippen LogP contribution in [0.1, 0.15) is 5.69 Å². The van der Waals surface area contributed by atoms with E-state index >= 15 is 0 Å². The van der Waals surface area contributed by atoms with Gasteiger partial charge in [0.05, 0.1) is 5.69 Å². The first kappa shape index (κ1) is 10.9. The summed E-state index contributed by atoms with van der Waals surface area (Å²) in [6.07, 6.45) is 1.82. The predicted octanol–water partition coefficient (Wildman–Crippen LogP) is 2.60. The van der Waals surface area contributed by atoms with Crippen LogP contribution in [0, 0.1) is 5.82 Å². The van der Waals surface area contributed by atoms with Gasteiger partial charge in [-0.3, -0.25) is 0 Å². The number of hydrogen-bond acceptors (Lipinski definition) is 2. The fraction of sp³-hybridized carbons (Fsp3) is 0.0714. The lowest BCUT2D eigenvalue weighted by Crippen LogP contribution is -2.02. The Hall–Kier alpha value is -2.20. The van der Waals surface area contributed by atoms with Gasteiger partial charge in [-0.25, -0.2) is 9.37 Å². The van der Waals surface area contributed by atoms with Crippen molar-refractivity contribution in [1.29, 1.82) is 0 Å². The molecule has 0 saturated heterocycles. The normalized spacial score (nSPS) is 11.0. The Morgan fingerprint density at radius 1 is 1.11 bits per heavy atom. The van der Waals surface area contributed by atoms with Gasteiger partial charge in [-0.2, -0.15) is 0 Å². The Morgan fingerprint density at radius 2 is 1.94 bits per heavy atom. The maximum Gasteiger partial charge on any atom is 0.137 e. The summed E-state index contributed by atoms with van der Waals surface area (Å²) in [6, 6.07) is 12.3. The molecule has 3 rings (SSSR count). The molecule has 4 heteroatoms. The molecule has 0 atom stereocenters. The summed E-state index contributed by atoms with van der Waals surface area (Å²) in [6.45, 7) is 0.421. The lowest BCUT2D eigenvalue weighted by Gasteiger charge is -2.00. The van der Waals surface area contributed by atoms with E-state index in [0.29, 0.717) is 17.8 Å². The van der Waals surface area contributed by atoms with Crippen molar-refractivity contribution in [3.8, 4) is 11.3 Å². The number of halogens is 1. The first-order valence-corrected chi connectivity index (χ1v) is 5.71. The number of rotatable bonds is 2. The smallest absolute Gasteiger partial charge is 0.137 e. The Bertz CT molecular complexity index is 703. The fourth-order valence-corrected chi connectivity index (χ4v) is 2.03. The third-order valence-electron chi connectivity index (χ3n) is 2.94. The molecule has 3 aromatic rings. The van der Waals surface area contributed by atoms with Crippen molar-refractivity contribution in [3.63, 3.8) is 0 Å². The number of fused-ring (bicyclic) bond motifs is 1. The van der Waals surface area contributed by atoms with Crippen molar-refractivity contribution >= 4 is 5.65 Å². The number of nitrogens with zero attached hydrogens (tertiary/aromatic N) is 2. The van der Waals surface area contributed by atoms with Crippen molar-refractivity contribution in [2.45, 2.75) is 6.54 Å². The molecule has 2 heterocycles. The maximum absolute atomic E-state index is 13.7. The molecule has 90 valence electrons. The minimum atomic E-state index is -0.268. The Kier molecular flexibility index (Phi) is 2.57. The standard InChI is InChI=1S/C14H12FN3/c15-12-6-2-1-5-11(12)13-9-18-10(8-16)4-3-7-14(18)17-13/h1-7,9H,8,16H2. The predicted molar refractivity (Wildman–Crippen MR) is 68.5 cm³/mol. The molecule has 0 radical (unpaired) electrons. The molecule has 0 bridgehead atoms. The number of benzene rings is 1. The van der Waals surface area contributed by atoms with Gasteiger partial charge in [-0.1, -0.05) is 18.2 Å². The highest BCUT2D eigenvalue weighted by Crippen LogP contribution is 2.22. The SMILES string of the molecule is NCc1cccc2nc(-c3ccccc3F)cn12. The molecular weight excluding hydrogens is 229 g/mol. The van der Waals surface area contributed by atoms with E-state index in [1.165, 1.54) is 6.07 Å². The summed E-state index contributed by atoms with van der Waals surface area (Å²) < 4.78 is 15.6. The largest absolute Gasteiger partial charge is 0.325 e. The quantitative estimate of drug-likeness (QED) is 0.749. The number of hydrogen-bond donors (Lipinski definition) is 1. The van der Waals surface area contributed by atoms with Crippen molar-refractivity contribution in [3.05, 3.63) is 60.2 Å². The molecule has 2 aromatic heterocycles. The average molecular weight is 241 g/mol. The van der Waals surface area contributed by atoms with E-state index in [1.807, 2.05) is 28.8 Å². The molecule has 0 aliphatic carbocycles. The summed E-state index contributed by atoms with van der Waals surface area (Å²) in [7, 11) is 0. The molecule has 0 fully saturated rings. The van der Waals surface area contributed by atoms with Crippen LogP contribution in [0.3, 0.4) is 0 Å². The molecule has 2 N–H and O–H groups in total. The highest BCUT2D eigenvalue weighted by molar-refractivity contribution is 5.63. The first-order valence-electron chi connectivity index (χ1n) is 5.71. The van der Waals surface area contributed by atoms with Crippen molar-refractivity contribution in [2.24, 2.45) is 5.73 Å². The summed E-state index contributed by atoms with van der Waals surface area (Å²) in [5, 5.41) is 0. The van der Waals surface area contributed by atoms with Gasteiger partial charge in [0.15, 0.2) is 0 Å². The van der Waals surface area contributed by atoms with Crippen LogP contribution < -0.4 is 5.73 Å². The first-order chi connectivity index (χ1) is 8.79. The van der Waals surface area contributed by atoms with E-state index in [9.17, 15) is 4.39 Å². The second-order valence-electron chi connectivity index (χ2n) is 4.06. The maximum atomic E-state index is 13.7. The van der Waals surface area contributed by atoms with Gasteiger partial charge in [0.1, 0.15) is 11.5 Å². The van der Waals surface area contributed by atoms with Crippen LogP contribution in [0.15, 0.2) is 48.7 Å². The molecule has 0 spiro atoms. The number of aromatic nitrogens is 2. The second-order valence-corrected chi connectivity index (χ2v) is 4.06.